The van der Waals surface area contributed by atoms with E-state index in [-0.39, 0.29) is 5.41 Å². The van der Waals surface area contributed by atoms with Crippen molar-refractivity contribution in [1.82, 2.24) is 0 Å². The summed E-state index contributed by atoms with van der Waals surface area (Å²) < 4.78 is 5.81. The Hall–Kier alpha value is -1.71. The van der Waals surface area contributed by atoms with E-state index >= 15 is 0 Å². The molecule has 3 rings (SSSR count). The predicted molar refractivity (Wildman–Crippen MR) is 69.0 cm³/mol. The van der Waals surface area contributed by atoms with Gasteiger partial charge in [-0.1, -0.05) is 17.3 Å². The molecule has 18 heavy (non-hydrogen) atoms. The van der Waals surface area contributed by atoms with E-state index in [9.17, 15) is 0 Å². The number of nitrogens with zero attached hydrogens (tertiary/aromatic N) is 1. The molecule has 0 radical (unpaired) electrons. The fraction of sp³-hybridized carbons (Fsp3) is 0.500. The Labute approximate surface area is 106 Å². The van der Waals surface area contributed by atoms with Crippen LogP contribution in [-0.2, 0) is 5.41 Å². The van der Waals surface area contributed by atoms with Crippen molar-refractivity contribution in [1.29, 1.82) is 0 Å². The molecule has 2 aliphatic carbocycles. The van der Waals surface area contributed by atoms with Gasteiger partial charge < -0.3 is 15.7 Å². The number of ether oxygens (including phenoxy) is 1. The first-order chi connectivity index (χ1) is 8.74. The van der Waals surface area contributed by atoms with Crippen LogP contribution in [0.15, 0.2) is 29.4 Å². The van der Waals surface area contributed by atoms with Gasteiger partial charge >= 0.3 is 0 Å². The van der Waals surface area contributed by atoms with Crippen LogP contribution >= 0.6 is 0 Å². The van der Waals surface area contributed by atoms with Gasteiger partial charge in [0, 0.05) is 0 Å². The molecule has 0 unspecified atom stereocenters. The Bertz CT molecular complexity index is 459. The molecule has 1 aromatic carbocycles. The van der Waals surface area contributed by atoms with E-state index in [1.54, 1.807) is 0 Å². The van der Waals surface area contributed by atoms with Crippen LogP contribution in [0.25, 0.3) is 0 Å². The first-order valence-electron chi connectivity index (χ1n) is 6.50. The number of benzene rings is 1. The molecule has 0 amide bonds. The Balaban J connectivity index is 1.74. The smallest absolute Gasteiger partial charge is 0.149 e. The van der Waals surface area contributed by atoms with Crippen LogP contribution in [0.5, 0.6) is 5.75 Å². The highest BCUT2D eigenvalue weighted by molar-refractivity contribution is 5.94. The lowest BCUT2D eigenvalue weighted by molar-refractivity contribution is 0.120. The number of amidine groups is 1. The molecule has 2 aliphatic rings. The van der Waals surface area contributed by atoms with Crippen molar-refractivity contribution < 1.29 is 9.94 Å². The van der Waals surface area contributed by atoms with Crippen LogP contribution in [0.2, 0.25) is 0 Å². The average molecular weight is 246 g/mol. The molecule has 96 valence electrons. The summed E-state index contributed by atoms with van der Waals surface area (Å²) in [5, 5.41) is 12.0. The van der Waals surface area contributed by atoms with E-state index in [0.717, 1.165) is 37.0 Å². The summed E-state index contributed by atoms with van der Waals surface area (Å²) >= 11 is 0. The molecule has 0 bridgehead atoms. The molecule has 2 saturated carbocycles. The quantitative estimate of drug-likeness (QED) is 0.371. The van der Waals surface area contributed by atoms with Gasteiger partial charge in [-0.3, -0.25) is 0 Å². The zero-order valence-corrected chi connectivity index (χ0v) is 10.3. The van der Waals surface area contributed by atoms with Crippen molar-refractivity contribution >= 4 is 5.84 Å². The van der Waals surface area contributed by atoms with Crippen LogP contribution < -0.4 is 10.5 Å². The maximum atomic E-state index is 8.82. The summed E-state index contributed by atoms with van der Waals surface area (Å²) in [5.41, 5.74) is 6.64. The van der Waals surface area contributed by atoms with Crippen molar-refractivity contribution in [2.24, 2.45) is 10.9 Å². The number of oxime groups is 1. The largest absolute Gasteiger partial charge is 0.490 e. The monoisotopic (exact) mass is 246 g/mol. The summed E-state index contributed by atoms with van der Waals surface area (Å²) in [5.74, 6) is 1.23. The molecule has 0 saturated heterocycles. The summed E-state index contributed by atoms with van der Waals surface area (Å²) in [6, 6.07) is 8.02. The van der Waals surface area contributed by atoms with Crippen molar-refractivity contribution in [2.75, 3.05) is 0 Å². The summed E-state index contributed by atoms with van der Waals surface area (Å²) in [6.07, 6.45) is 5.90. The normalized spacial score (nSPS) is 22.3. The lowest BCUT2D eigenvalue weighted by atomic mass is 9.94. The Kier molecular flexibility index (Phi) is 2.65. The van der Waals surface area contributed by atoms with Gasteiger partial charge in [0.15, 0.2) is 0 Å². The minimum Gasteiger partial charge on any atom is -0.490 e. The minimum absolute atomic E-state index is 0.232. The van der Waals surface area contributed by atoms with Crippen LogP contribution in [0.1, 0.15) is 37.7 Å². The van der Waals surface area contributed by atoms with Gasteiger partial charge in [-0.15, -0.1) is 0 Å². The fourth-order valence-electron chi connectivity index (χ4n) is 2.45. The van der Waals surface area contributed by atoms with Crippen LogP contribution in [-0.4, -0.2) is 17.1 Å². The molecule has 0 spiro atoms. The molecular weight excluding hydrogens is 228 g/mol. The van der Waals surface area contributed by atoms with E-state index in [1.807, 2.05) is 24.3 Å². The zero-order chi connectivity index (χ0) is 12.6. The van der Waals surface area contributed by atoms with Crippen molar-refractivity contribution in [3.05, 3.63) is 29.8 Å². The van der Waals surface area contributed by atoms with E-state index in [4.69, 9.17) is 15.7 Å². The summed E-state index contributed by atoms with van der Waals surface area (Å²) in [4.78, 5) is 0. The van der Waals surface area contributed by atoms with E-state index in [1.165, 1.54) is 6.42 Å². The average Bonchev–Trinajstić information content (AvgIpc) is 3.15. The number of rotatable bonds is 4. The van der Waals surface area contributed by atoms with Crippen LogP contribution in [0.3, 0.4) is 0 Å². The SMILES string of the molecule is N/C(=N\O)C1(c2ccc(OC3CCC3)cc2)CC1. The maximum absolute atomic E-state index is 8.82. The standard InChI is InChI=1S/C14H18N2O2/c15-13(16-17)14(8-9-14)10-4-6-12(7-5-10)18-11-2-1-3-11/h4-7,11,17H,1-3,8-9H2,(H2,15,16). The Morgan fingerprint density at radius 2 is 1.94 bits per heavy atom. The predicted octanol–water partition coefficient (Wildman–Crippen LogP) is 2.40. The molecule has 4 nitrogen and oxygen atoms in total. The molecule has 4 heteroatoms. The fourth-order valence-corrected chi connectivity index (χ4v) is 2.45. The molecule has 0 atom stereocenters. The van der Waals surface area contributed by atoms with Gasteiger partial charge in [-0.25, -0.2) is 0 Å². The van der Waals surface area contributed by atoms with Crippen molar-refractivity contribution in [3.8, 4) is 5.75 Å². The van der Waals surface area contributed by atoms with Crippen molar-refractivity contribution in [2.45, 2.75) is 43.6 Å². The first-order valence-corrected chi connectivity index (χ1v) is 6.50. The lowest BCUT2D eigenvalue weighted by Crippen LogP contribution is -2.29. The molecule has 2 fully saturated rings. The van der Waals surface area contributed by atoms with Crippen LogP contribution in [0.4, 0.5) is 0 Å². The molecule has 1 aromatic rings. The number of nitrogens with two attached hydrogens (primary N) is 1. The molecule has 3 N–H and O–H groups in total. The van der Waals surface area contributed by atoms with E-state index in [2.05, 4.69) is 5.16 Å². The number of hydrogen-bond acceptors (Lipinski definition) is 3. The Morgan fingerprint density at radius 3 is 2.39 bits per heavy atom. The van der Waals surface area contributed by atoms with E-state index < -0.39 is 0 Å². The third-order valence-corrected chi connectivity index (χ3v) is 4.11. The Morgan fingerprint density at radius 1 is 1.28 bits per heavy atom. The highest BCUT2D eigenvalue weighted by atomic mass is 16.5. The zero-order valence-electron chi connectivity index (χ0n) is 10.3. The van der Waals surface area contributed by atoms with Gasteiger partial charge in [0.25, 0.3) is 0 Å². The highest BCUT2D eigenvalue weighted by Crippen LogP contribution is 2.48. The molecule has 0 heterocycles. The van der Waals surface area contributed by atoms with Crippen molar-refractivity contribution in [3.63, 3.8) is 0 Å². The first kappa shape index (κ1) is 11.4. The molecular formula is C14H18N2O2. The third kappa shape index (κ3) is 1.82. The number of hydrogen-bond donors (Lipinski definition) is 2. The second-order valence-corrected chi connectivity index (χ2v) is 5.26. The summed E-state index contributed by atoms with van der Waals surface area (Å²) in [7, 11) is 0. The summed E-state index contributed by atoms with van der Waals surface area (Å²) in [6.45, 7) is 0. The lowest BCUT2D eigenvalue weighted by Gasteiger charge is -2.26. The van der Waals surface area contributed by atoms with Gasteiger partial charge in [0.2, 0.25) is 0 Å². The van der Waals surface area contributed by atoms with Gasteiger partial charge in [0.1, 0.15) is 11.6 Å². The van der Waals surface area contributed by atoms with Crippen LogP contribution in [0, 0.1) is 0 Å². The topological polar surface area (TPSA) is 67.8 Å². The molecule has 0 aromatic heterocycles. The minimum atomic E-state index is -0.232. The second kappa shape index (κ2) is 4.19. The second-order valence-electron chi connectivity index (χ2n) is 5.26. The van der Waals surface area contributed by atoms with Gasteiger partial charge in [-0.05, 0) is 49.8 Å². The maximum Gasteiger partial charge on any atom is 0.149 e. The highest BCUT2D eigenvalue weighted by Gasteiger charge is 2.48. The van der Waals surface area contributed by atoms with Gasteiger partial charge in [0.05, 0.1) is 11.5 Å². The van der Waals surface area contributed by atoms with Gasteiger partial charge in [-0.2, -0.15) is 0 Å². The third-order valence-electron chi connectivity index (χ3n) is 4.11. The van der Waals surface area contributed by atoms with E-state index in [0.29, 0.717) is 11.9 Å². The molecule has 0 aliphatic heterocycles.